The molecule has 0 N–H and O–H groups in total. The standard InChI is InChI=1S/C18H12O4S2/c1-21-17(19)11-8-13-10(15(11)18(20)22-2)7-14-16(24-13)9-5-3-4-6-12(9)23-14/h3-8H,1-2H3. The van der Waals surface area contributed by atoms with Crippen molar-refractivity contribution >= 4 is 54.1 Å². The average Bonchev–Trinajstić information content (AvgIpc) is 3.16. The second-order valence-corrected chi connectivity index (χ2v) is 7.37. The van der Waals surface area contributed by atoms with E-state index in [0.29, 0.717) is 0 Å². The van der Waals surface area contributed by atoms with Crippen LogP contribution >= 0.6 is 22.7 Å². The van der Waals surface area contributed by atoms with Gasteiger partial charge in [-0.05, 0) is 18.2 Å². The summed E-state index contributed by atoms with van der Waals surface area (Å²) in [5.41, 5.74) is 1.25. The van der Waals surface area contributed by atoms with E-state index in [4.69, 9.17) is 9.47 Å². The van der Waals surface area contributed by atoms with E-state index in [0.717, 1.165) is 19.8 Å². The Kier molecular flexibility index (Phi) is 3.51. The van der Waals surface area contributed by atoms with Gasteiger partial charge in [0, 0.05) is 25.2 Å². The highest BCUT2D eigenvalue weighted by Gasteiger charge is 2.28. The first-order valence-corrected chi connectivity index (χ1v) is 8.81. The highest BCUT2D eigenvalue weighted by atomic mass is 32.1. The summed E-state index contributed by atoms with van der Waals surface area (Å²) in [6.07, 6.45) is 0. The van der Waals surface area contributed by atoms with Gasteiger partial charge < -0.3 is 9.47 Å². The van der Waals surface area contributed by atoms with Crippen LogP contribution in [0.2, 0.25) is 0 Å². The van der Waals surface area contributed by atoms with Crippen LogP contribution in [0.3, 0.4) is 0 Å². The first-order valence-electron chi connectivity index (χ1n) is 7.18. The van der Waals surface area contributed by atoms with Gasteiger partial charge in [-0.1, -0.05) is 18.2 Å². The SMILES string of the molecule is COC(=O)c1cc2sc3c(cc-2c1C(=O)OC)sc1ccccc13. The van der Waals surface area contributed by atoms with E-state index in [-0.39, 0.29) is 11.1 Å². The second-order valence-electron chi connectivity index (χ2n) is 5.23. The number of fused-ring (bicyclic) bond motifs is 4. The molecule has 4 rings (SSSR count). The Bertz CT molecular complexity index is 1070. The molecule has 0 amide bonds. The van der Waals surface area contributed by atoms with Crippen molar-refractivity contribution < 1.29 is 19.1 Å². The van der Waals surface area contributed by atoms with Crippen molar-refractivity contribution in [3.05, 3.63) is 47.5 Å². The number of hydrogen-bond acceptors (Lipinski definition) is 6. The molecule has 4 nitrogen and oxygen atoms in total. The maximum absolute atomic E-state index is 12.2. The van der Waals surface area contributed by atoms with Crippen LogP contribution < -0.4 is 0 Å². The zero-order chi connectivity index (χ0) is 16.8. The predicted molar refractivity (Wildman–Crippen MR) is 96.5 cm³/mol. The van der Waals surface area contributed by atoms with Crippen molar-refractivity contribution in [1.82, 2.24) is 0 Å². The molecule has 120 valence electrons. The number of rotatable bonds is 2. The molecule has 0 fully saturated rings. The molecule has 1 aliphatic carbocycles. The van der Waals surface area contributed by atoms with Crippen molar-refractivity contribution in [2.24, 2.45) is 0 Å². The van der Waals surface area contributed by atoms with Gasteiger partial charge in [0.05, 0.1) is 30.0 Å². The number of benzene rings is 1. The smallest absolute Gasteiger partial charge is 0.339 e. The lowest BCUT2D eigenvalue weighted by atomic mass is 10.1. The lowest BCUT2D eigenvalue weighted by Gasteiger charge is -2.04. The van der Waals surface area contributed by atoms with Gasteiger partial charge in [-0.3, -0.25) is 0 Å². The Morgan fingerprint density at radius 3 is 2.42 bits per heavy atom. The molecule has 0 unspecified atom stereocenters. The van der Waals surface area contributed by atoms with Crippen molar-refractivity contribution in [3.63, 3.8) is 0 Å². The number of ether oxygens (including phenoxy) is 2. The summed E-state index contributed by atoms with van der Waals surface area (Å²) >= 11 is 3.24. The third-order valence-corrected chi connectivity index (χ3v) is 6.39. The van der Waals surface area contributed by atoms with E-state index in [2.05, 4.69) is 12.1 Å². The molecular formula is C18H12O4S2. The lowest BCUT2D eigenvalue weighted by molar-refractivity contribution is 0.0557. The molecule has 2 aromatic rings. The van der Waals surface area contributed by atoms with Crippen molar-refractivity contribution in [2.75, 3.05) is 14.2 Å². The van der Waals surface area contributed by atoms with E-state index in [1.807, 2.05) is 18.2 Å². The van der Waals surface area contributed by atoms with Crippen LogP contribution in [0, 0.1) is 0 Å². The van der Waals surface area contributed by atoms with E-state index in [9.17, 15) is 9.59 Å². The number of esters is 2. The van der Waals surface area contributed by atoms with Crippen LogP contribution in [0.5, 0.6) is 0 Å². The second kappa shape index (κ2) is 5.58. The molecular weight excluding hydrogens is 344 g/mol. The number of carbonyl (C=O) groups is 2. The Morgan fingerprint density at radius 1 is 0.917 bits per heavy atom. The maximum Gasteiger partial charge on any atom is 0.339 e. The van der Waals surface area contributed by atoms with Crippen LogP contribution in [0.25, 0.3) is 29.9 Å². The fraction of sp³-hybridized carbons (Fsp3) is 0.111. The predicted octanol–water partition coefficient (Wildman–Crippen LogP) is 4.79. The van der Waals surface area contributed by atoms with E-state index < -0.39 is 11.9 Å². The molecule has 0 saturated carbocycles. The van der Waals surface area contributed by atoms with Gasteiger partial charge in [0.15, 0.2) is 0 Å². The molecule has 24 heavy (non-hydrogen) atoms. The molecule has 0 saturated heterocycles. The molecule has 0 bridgehead atoms. The highest BCUT2D eigenvalue weighted by Crippen LogP contribution is 2.45. The van der Waals surface area contributed by atoms with E-state index >= 15 is 0 Å². The number of carbonyl (C=O) groups excluding carboxylic acids is 2. The summed E-state index contributed by atoms with van der Waals surface area (Å²) in [6.45, 7) is 0. The van der Waals surface area contributed by atoms with Gasteiger partial charge in [0.25, 0.3) is 0 Å². The first-order chi connectivity index (χ1) is 11.6. The summed E-state index contributed by atoms with van der Waals surface area (Å²) in [5.74, 6) is -1.06. The minimum Gasteiger partial charge on any atom is -0.465 e. The first kappa shape index (κ1) is 15.1. The van der Waals surface area contributed by atoms with Crippen molar-refractivity contribution in [2.45, 2.75) is 0 Å². The fourth-order valence-corrected chi connectivity index (χ4v) is 5.32. The number of thiophene rings is 1. The van der Waals surface area contributed by atoms with Gasteiger partial charge >= 0.3 is 11.9 Å². The summed E-state index contributed by atoms with van der Waals surface area (Å²) < 4.78 is 13.1. The fourth-order valence-electron chi connectivity index (χ4n) is 2.85. The quantitative estimate of drug-likeness (QED) is 0.484. The average molecular weight is 356 g/mol. The van der Waals surface area contributed by atoms with E-state index in [1.54, 1.807) is 28.7 Å². The molecule has 1 aromatic carbocycles. The molecule has 0 atom stereocenters. The van der Waals surface area contributed by atoms with E-state index in [1.165, 1.54) is 24.3 Å². The monoisotopic (exact) mass is 356 g/mol. The van der Waals surface area contributed by atoms with Gasteiger partial charge in [-0.25, -0.2) is 9.59 Å². The minimum absolute atomic E-state index is 0.248. The Morgan fingerprint density at radius 2 is 1.67 bits per heavy atom. The van der Waals surface area contributed by atoms with Crippen molar-refractivity contribution in [3.8, 4) is 10.4 Å². The summed E-state index contributed by atoms with van der Waals surface area (Å²) in [5, 5.41) is 1.19. The zero-order valence-electron chi connectivity index (χ0n) is 12.9. The molecule has 6 heteroatoms. The third-order valence-electron chi connectivity index (χ3n) is 3.94. The Balaban J connectivity index is 2.09. The van der Waals surface area contributed by atoms with Gasteiger partial charge in [0.1, 0.15) is 0 Å². The molecule has 0 spiro atoms. The molecule has 2 aliphatic rings. The van der Waals surface area contributed by atoms with Gasteiger partial charge in [0.2, 0.25) is 0 Å². The largest absolute Gasteiger partial charge is 0.465 e. The topological polar surface area (TPSA) is 52.6 Å². The van der Waals surface area contributed by atoms with Gasteiger partial charge in [-0.15, -0.1) is 22.7 Å². The normalized spacial score (nSPS) is 11.2. The molecule has 1 aromatic heterocycles. The summed E-state index contributed by atoms with van der Waals surface area (Å²) in [7, 11) is 2.61. The molecule has 1 aliphatic heterocycles. The molecule has 2 heterocycles. The van der Waals surface area contributed by atoms with Crippen LogP contribution in [0.1, 0.15) is 20.7 Å². The number of hydrogen-bond donors (Lipinski definition) is 0. The summed E-state index contributed by atoms with van der Waals surface area (Å²) in [4.78, 5) is 25.1. The lowest BCUT2D eigenvalue weighted by Crippen LogP contribution is -2.09. The number of methoxy groups -OCH3 is 2. The van der Waals surface area contributed by atoms with Crippen molar-refractivity contribution in [1.29, 1.82) is 0 Å². The maximum atomic E-state index is 12.2. The third kappa shape index (κ3) is 2.11. The summed E-state index contributed by atoms with van der Waals surface area (Å²) in [6, 6.07) is 11.9. The van der Waals surface area contributed by atoms with Crippen LogP contribution in [-0.4, -0.2) is 26.2 Å². The Labute approximate surface area is 145 Å². The molecule has 0 radical (unpaired) electrons. The Hall–Kier alpha value is -2.44. The van der Waals surface area contributed by atoms with Crippen LogP contribution in [-0.2, 0) is 9.47 Å². The minimum atomic E-state index is -0.535. The van der Waals surface area contributed by atoms with Crippen LogP contribution in [0.4, 0.5) is 0 Å². The van der Waals surface area contributed by atoms with Gasteiger partial charge in [-0.2, -0.15) is 0 Å². The highest BCUT2D eigenvalue weighted by molar-refractivity contribution is 7.33. The van der Waals surface area contributed by atoms with Crippen LogP contribution in [0.15, 0.2) is 36.4 Å². The zero-order valence-corrected chi connectivity index (χ0v) is 14.5.